The largest absolute Gasteiger partial charge is 0.352 e. The van der Waals surface area contributed by atoms with Crippen LogP contribution in [0.2, 0.25) is 0 Å². The van der Waals surface area contributed by atoms with Crippen LogP contribution in [0.3, 0.4) is 0 Å². The fraction of sp³-hybridized carbons (Fsp3) is 0.375. The van der Waals surface area contributed by atoms with Crippen LogP contribution in [0.1, 0.15) is 47.9 Å². The van der Waals surface area contributed by atoms with Gasteiger partial charge in [-0.3, -0.25) is 13.9 Å². The van der Waals surface area contributed by atoms with Crippen molar-refractivity contribution in [2.75, 3.05) is 17.1 Å². The number of sulfonamides is 1. The van der Waals surface area contributed by atoms with E-state index in [9.17, 15) is 18.0 Å². The fourth-order valence-electron chi connectivity index (χ4n) is 5.35. The number of carbonyl (C=O) groups is 2. The zero-order valence-corrected chi connectivity index (χ0v) is 26.2. The standard InChI is InChI=1S/C32H38BrN3O4S/c1-23-11-9-18-29(24(23)2)36(41(3,39)40)22-31(37)35(21-26-14-10-15-27(33)19-26)30(20-25-12-5-4-6-13-25)32(38)34-28-16-7-8-17-28/h4-6,9-15,18-19,28,30H,7-8,16-17,20-22H2,1-3H3,(H,34,38). The zero-order valence-electron chi connectivity index (χ0n) is 23.8. The highest BCUT2D eigenvalue weighted by atomic mass is 79.9. The van der Waals surface area contributed by atoms with Gasteiger partial charge < -0.3 is 10.2 Å². The maximum absolute atomic E-state index is 14.3. The molecule has 4 rings (SSSR count). The number of nitrogens with zero attached hydrogens (tertiary/aromatic N) is 2. The summed E-state index contributed by atoms with van der Waals surface area (Å²) < 4.78 is 28.1. The van der Waals surface area contributed by atoms with Crippen LogP contribution in [0.15, 0.2) is 77.3 Å². The molecule has 3 aromatic rings. The van der Waals surface area contributed by atoms with Crippen molar-refractivity contribution in [2.45, 2.75) is 64.6 Å². The minimum Gasteiger partial charge on any atom is -0.352 e. The van der Waals surface area contributed by atoms with Crippen molar-refractivity contribution in [2.24, 2.45) is 0 Å². The van der Waals surface area contributed by atoms with Crippen molar-refractivity contribution in [3.8, 4) is 0 Å². The SMILES string of the molecule is Cc1cccc(N(CC(=O)N(Cc2cccc(Br)c2)C(Cc2ccccc2)C(=O)NC2CCCC2)S(C)(=O)=O)c1C. The molecule has 1 fully saturated rings. The summed E-state index contributed by atoms with van der Waals surface area (Å²) >= 11 is 3.51. The first-order chi connectivity index (χ1) is 19.5. The number of anilines is 1. The molecule has 3 aromatic carbocycles. The molecule has 1 aliphatic carbocycles. The van der Waals surface area contributed by atoms with Crippen molar-refractivity contribution < 1.29 is 18.0 Å². The Morgan fingerprint density at radius 3 is 2.27 bits per heavy atom. The molecule has 0 aromatic heterocycles. The van der Waals surface area contributed by atoms with Crippen molar-refractivity contribution in [3.63, 3.8) is 0 Å². The molecule has 1 atom stereocenters. The lowest BCUT2D eigenvalue weighted by molar-refractivity contribution is -0.140. The number of carbonyl (C=O) groups excluding carboxylic acids is 2. The van der Waals surface area contributed by atoms with Crippen LogP contribution < -0.4 is 9.62 Å². The Balaban J connectivity index is 1.74. The van der Waals surface area contributed by atoms with Crippen molar-refractivity contribution >= 4 is 43.5 Å². The van der Waals surface area contributed by atoms with Gasteiger partial charge in [-0.25, -0.2) is 8.42 Å². The Hall–Kier alpha value is -3.17. The van der Waals surface area contributed by atoms with Crippen LogP contribution in [0.25, 0.3) is 0 Å². The molecule has 1 unspecified atom stereocenters. The second-order valence-corrected chi connectivity index (χ2v) is 13.7. The van der Waals surface area contributed by atoms with Gasteiger partial charge in [0.15, 0.2) is 0 Å². The van der Waals surface area contributed by atoms with E-state index in [1.54, 1.807) is 17.0 Å². The molecule has 1 aliphatic rings. The molecule has 9 heteroatoms. The van der Waals surface area contributed by atoms with Gasteiger partial charge >= 0.3 is 0 Å². The lowest BCUT2D eigenvalue weighted by Gasteiger charge is -2.34. The Kier molecular flexibility index (Phi) is 10.3. The van der Waals surface area contributed by atoms with Crippen LogP contribution in [-0.4, -0.2) is 50.0 Å². The molecular formula is C32H38BrN3O4S. The third kappa shape index (κ3) is 8.20. The third-order valence-electron chi connectivity index (χ3n) is 7.74. The monoisotopic (exact) mass is 639 g/mol. The Morgan fingerprint density at radius 1 is 0.951 bits per heavy atom. The van der Waals surface area contributed by atoms with Gasteiger partial charge in [-0.15, -0.1) is 0 Å². The number of hydrogen-bond acceptors (Lipinski definition) is 4. The van der Waals surface area contributed by atoms with Crippen LogP contribution in [-0.2, 0) is 32.6 Å². The van der Waals surface area contributed by atoms with Crippen molar-refractivity contribution in [3.05, 3.63) is 99.5 Å². The summed E-state index contributed by atoms with van der Waals surface area (Å²) in [7, 11) is -3.81. The Morgan fingerprint density at radius 2 is 1.61 bits per heavy atom. The molecule has 0 spiro atoms. The highest BCUT2D eigenvalue weighted by molar-refractivity contribution is 9.10. The second kappa shape index (κ2) is 13.7. The van der Waals surface area contributed by atoms with Crippen molar-refractivity contribution in [1.29, 1.82) is 0 Å². The highest BCUT2D eigenvalue weighted by Gasteiger charge is 2.34. The second-order valence-electron chi connectivity index (χ2n) is 10.8. The molecule has 1 saturated carbocycles. The van der Waals surface area contributed by atoms with Gasteiger partial charge in [-0.2, -0.15) is 0 Å². The maximum atomic E-state index is 14.3. The molecule has 1 N–H and O–H groups in total. The molecule has 41 heavy (non-hydrogen) atoms. The number of amides is 2. The normalized spacial score (nSPS) is 14.4. The van der Waals surface area contributed by atoms with E-state index in [0.29, 0.717) is 12.1 Å². The molecule has 7 nitrogen and oxygen atoms in total. The Labute approximate surface area is 252 Å². The van der Waals surface area contributed by atoms with E-state index in [-0.39, 0.29) is 18.5 Å². The molecular weight excluding hydrogens is 602 g/mol. The molecule has 0 bridgehead atoms. The molecule has 2 amide bonds. The summed E-state index contributed by atoms with van der Waals surface area (Å²) in [5.74, 6) is -0.666. The van der Waals surface area contributed by atoms with Gasteiger partial charge in [0.25, 0.3) is 0 Å². The van der Waals surface area contributed by atoms with Gasteiger partial charge in [-0.1, -0.05) is 83.4 Å². The molecule has 0 heterocycles. The topological polar surface area (TPSA) is 86.8 Å². The van der Waals surface area contributed by atoms with Crippen LogP contribution >= 0.6 is 15.9 Å². The molecule has 218 valence electrons. The van der Waals surface area contributed by atoms with E-state index in [0.717, 1.165) is 63.0 Å². The maximum Gasteiger partial charge on any atom is 0.244 e. The summed E-state index contributed by atoms with van der Waals surface area (Å²) in [6.07, 6.45) is 5.37. The van der Waals surface area contributed by atoms with Gasteiger partial charge in [0.2, 0.25) is 21.8 Å². The third-order valence-corrected chi connectivity index (χ3v) is 9.36. The fourth-order valence-corrected chi connectivity index (χ4v) is 6.70. The number of halogens is 1. The van der Waals surface area contributed by atoms with E-state index >= 15 is 0 Å². The van der Waals surface area contributed by atoms with Crippen molar-refractivity contribution in [1.82, 2.24) is 10.2 Å². The number of rotatable bonds is 11. The predicted molar refractivity (Wildman–Crippen MR) is 167 cm³/mol. The van der Waals surface area contributed by atoms with Crippen LogP contribution in [0.5, 0.6) is 0 Å². The van der Waals surface area contributed by atoms with Gasteiger partial charge in [0.1, 0.15) is 12.6 Å². The van der Waals surface area contributed by atoms with E-state index in [1.807, 2.05) is 74.5 Å². The first-order valence-corrected chi connectivity index (χ1v) is 16.6. The van der Waals surface area contributed by atoms with Crippen LogP contribution in [0.4, 0.5) is 5.69 Å². The quantitative estimate of drug-likeness (QED) is 0.299. The van der Waals surface area contributed by atoms with E-state index in [1.165, 1.54) is 0 Å². The lowest BCUT2D eigenvalue weighted by Crippen LogP contribution is -2.54. The number of benzene rings is 3. The average Bonchev–Trinajstić information content (AvgIpc) is 3.44. The van der Waals surface area contributed by atoms with Gasteiger partial charge in [0.05, 0.1) is 11.9 Å². The smallest absolute Gasteiger partial charge is 0.244 e. The summed E-state index contributed by atoms with van der Waals surface area (Å²) in [4.78, 5) is 29.7. The summed E-state index contributed by atoms with van der Waals surface area (Å²) in [5.41, 5.74) is 3.91. The summed E-state index contributed by atoms with van der Waals surface area (Å²) in [6.45, 7) is 3.49. The molecule has 0 saturated heterocycles. The number of hydrogen-bond donors (Lipinski definition) is 1. The average molecular weight is 641 g/mol. The van der Waals surface area contributed by atoms with Crippen LogP contribution in [0, 0.1) is 13.8 Å². The first kappa shape index (κ1) is 30.8. The molecule has 0 aliphatic heterocycles. The summed E-state index contributed by atoms with van der Waals surface area (Å²) in [6, 6.07) is 21.9. The first-order valence-electron chi connectivity index (χ1n) is 13.9. The van der Waals surface area contributed by atoms with E-state index in [2.05, 4.69) is 21.2 Å². The minimum absolute atomic E-state index is 0.0751. The van der Waals surface area contributed by atoms with Gasteiger partial charge in [0, 0.05) is 23.5 Å². The van der Waals surface area contributed by atoms with E-state index < -0.39 is 28.5 Å². The van der Waals surface area contributed by atoms with Gasteiger partial charge in [-0.05, 0) is 67.1 Å². The predicted octanol–water partition coefficient (Wildman–Crippen LogP) is 5.53. The zero-order chi connectivity index (χ0) is 29.6. The molecule has 0 radical (unpaired) electrons. The minimum atomic E-state index is -3.81. The number of aryl methyl sites for hydroxylation is 1. The van der Waals surface area contributed by atoms with E-state index in [4.69, 9.17) is 0 Å². The lowest BCUT2D eigenvalue weighted by atomic mass is 10.0. The summed E-state index contributed by atoms with van der Waals surface area (Å²) in [5, 5.41) is 3.19. The highest BCUT2D eigenvalue weighted by Crippen LogP contribution is 2.26. The number of nitrogens with one attached hydrogen (secondary N) is 1. The Bertz CT molecular complexity index is 1470.